The molecule has 204 valence electrons. The van der Waals surface area contributed by atoms with Gasteiger partial charge in [-0.1, -0.05) is 29.3 Å². The lowest BCUT2D eigenvalue weighted by molar-refractivity contribution is -0.145. The Kier molecular flexibility index (Phi) is 8.69. The smallest absolute Gasteiger partial charge is 0.369 e. The quantitative estimate of drug-likeness (QED) is 0.554. The molecule has 0 unspecified atom stereocenters. The maximum absolute atomic E-state index is 13.2. The molecular weight excluding hydrogens is 546 g/mol. The molecule has 2 saturated heterocycles. The van der Waals surface area contributed by atoms with E-state index in [0.29, 0.717) is 47.6 Å². The Morgan fingerprint density at radius 2 is 1.68 bits per heavy atom. The molecule has 2 aliphatic heterocycles. The lowest BCUT2D eigenvalue weighted by atomic mass is 10.1. The number of benzene rings is 2. The molecule has 0 aromatic heterocycles. The van der Waals surface area contributed by atoms with Crippen LogP contribution in [-0.4, -0.2) is 79.4 Å². The van der Waals surface area contributed by atoms with Gasteiger partial charge in [-0.15, -0.1) is 0 Å². The minimum Gasteiger partial charge on any atom is -0.369 e. The highest BCUT2D eigenvalue weighted by molar-refractivity contribution is 6.35. The third-order valence-electron chi connectivity index (χ3n) is 6.45. The molecule has 0 saturated carbocycles. The minimum atomic E-state index is -4.42. The number of rotatable bonds is 6. The normalized spacial score (nSPS) is 18.8. The van der Waals surface area contributed by atoms with Gasteiger partial charge >= 0.3 is 6.18 Å². The predicted molar refractivity (Wildman–Crippen MR) is 138 cm³/mol. The summed E-state index contributed by atoms with van der Waals surface area (Å²) in [6.45, 7) is 2.38. The van der Waals surface area contributed by atoms with Gasteiger partial charge in [0, 0.05) is 60.7 Å². The van der Waals surface area contributed by atoms with Crippen molar-refractivity contribution in [1.82, 2.24) is 15.1 Å². The monoisotopic (exact) mass is 571 g/mol. The van der Waals surface area contributed by atoms with Crippen LogP contribution in [0.15, 0.2) is 42.5 Å². The number of piperazine rings is 2. The van der Waals surface area contributed by atoms with Gasteiger partial charge in [0.05, 0.1) is 18.5 Å². The van der Waals surface area contributed by atoms with Crippen LogP contribution in [0, 0.1) is 0 Å². The fourth-order valence-corrected chi connectivity index (χ4v) is 5.08. The van der Waals surface area contributed by atoms with Crippen molar-refractivity contribution in [3.63, 3.8) is 0 Å². The maximum Gasteiger partial charge on any atom is 0.416 e. The number of carbonyl (C=O) groups is 3. The van der Waals surface area contributed by atoms with E-state index in [-0.39, 0.29) is 32.0 Å². The van der Waals surface area contributed by atoms with E-state index in [0.717, 1.165) is 12.1 Å². The Bertz CT molecular complexity index is 1180. The largest absolute Gasteiger partial charge is 0.416 e. The predicted octanol–water partition coefficient (Wildman–Crippen LogP) is 3.49. The number of alkyl halides is 3. The first-order valence-electron chi connectivity index (χ1n) is 12.0. The number of carbonyl (C=O) groups excluding carboxylic acids is 3. The number of anilines is 2. The van der Waals surface area contributed by atoms with Gasteiger partial charge in [-0.05, 0) is 36.4 Å². The third-order valence-corrected chi connectivity index (χ3v) is 6.88. The fraction of sp³-hybridized carbons (Fsp3) is 0.400. The highest BCUT2D eigenvalue weighted by Crippen LogP contribution is 2.32. The summed E-state index contributed by atoms with van der Waals surface area (Å²) in [5, 5.41) is 6.03. The van der Waals surface area contributed by atoms with Crippen LogP contribution in [0.25, 0.3) is 0 Å². The highest BCUT2D eigenvalue weighted by Gasteiger charge is 2.36. The first-order valence-corrected chi connectivity index (χ1v) is 12.7. The molecule has 2 aliphatic rings. The summed E-state index contributed by atoms with van der Waals surface area (Å²) < 4.78 is 39.2. The van der Waals surface area contributed by atoms with E-state index in [9.17, 15) is 27.6 Å². The van der Waals surface area contributed by atoms with Crippen LogP contribution in [0.5, 0.6) is 0 Å². The summed E-state index contributed by atoms with van der Waals surface area (Å²) in [7, 11) is 0. The van der Waals surface area contributed by atoms with E-state index in [1.807, 2.05) is 9.80 Å². The van der Waals surface area contributed by atoms with E-state index in [1.165, 1.54) is 29.2 Å². The summed E-state index contributed by atoms with van der Waals surface area (Å²) in [4.78, 5) is 43.5. The van der Waals surface area contributed by atoms with Gasteiger partial charge < -0.3 is 20.4 Å². The van der Waals surface area contributed by atoms with Gasteiger partial charge in [0.1, 0.15) is 6.04 Å². The first-order chi connectivity index (χ1) is 18.0. The molecule has 1 atom stereocenters. The lowest BCUT2D eigenvalue weighted by Crippen LogP contribution is -2.60. The second kappa shape index (κ2) is 11.8. The first kappa shape index (κ1) is 28.0. The molecule has 8 nitrogen and oxygen atoms in total. The molecule has 2 heterocycles. The molecule has 38 heavy (non-hydrogen) atoms. The molecular formula is C25H26Cl2F3N5O3. The van der Waals surface area contributed by atoms with E-state index < -0.39 is 29.6 Å². The second-order valence-electron chi connectivity index (χ2n) is 9.12. The Hall–Kier alpha value is -3.02. The molecule has 3 amide bonds. The minimum absolute atomic E-state index is 0.0335. The van der Waals surface area contributed by atoms with Crippen LogP contribution in [-0.2, 0) is 20.6 Å². The van der Waals surface area contributed by atoms with Crippen LogP contribution >= 0.6 is 23.2 Å². The van der Waals surface area contributed by atoms with Crippen molar-refractivity contribution >= 4 is 52.3 Å². The topological polar surface area (TPSA) is 85.0 Å². The summed E-state index contributed by atoms with van der Waals surface area (Å²) >= 11 is 11.9. The average Bonchev–Trinajstić information content (AvgIpc) is 2.84. The number of hydrogen-bond donors (Lipinski definition) is 2. The van der Waals surface area contributed by atoms with Gasteiger partial charge in [0.15, 0.2) is 0 Å². The van der Waals surface area contributed by atoms with Gasteiger partial charge in [-0.25, -0.2) is 0 Å². The zero-order valence-corrected chi connectivity index (χ0v) is 21.7. The number of nitrogens with zero attached hydrogens (tertiary/aromatic N) is 3. The van der Waals surface area contributed by atoms with Crippen LogP contribution < -0.4 is 15.5 Å². The molecule has 0 spiro atoms. The van der Waals surface area contributed by atoms with Crippen LogP contribution in [0.1, 0.15) is 12.0 Å². The Labute approximate surface area is 227 Å². The highest BCUT2D eigenvalue weighted by atomic mass is 35.5. The van der Waals surface area contributed by atoms with Crippen molar-refractivity contribution in [3.05, 3.63) is 58.1 Å². The molecule has 2 aromatic carbocycles. The lowest BCUT2D eigenvalue weighted by Gasteiger charge is -2.39. The second-order valence-corrected chi connectivity index (χ2v) is 9.99. The van der Waals surface area contributed by atoms with Crippen molar-refractivity contribution in [2.75, 3.05) is 56.0 Å². The van der Waals surface area contributed by atoms with Crippen molar-refractivity contribution < 1.29 is 27.6 Å². The van der Waals surface area contributed by atoms with Crippen LogP contribution in [0.4, 0.5) is 24.5 Å². The van der Waals surface area contributed by atoms with Crippen LogP contribution in [0.2, 0.25) is 10.0 Å². The summed E-state index contributed by atoms with van der Waals surface area (Å²) in [6.07, 6.45) is -4.66. The van der Waals surface area contributed by atoms with Gasteiger partial charge in [-0.2, -0.15) is 13.2 Å². The van der Waals surface area contributed by atoms with E-state index >= 15 is 0 Å². The van der Waals surface area contributed by atoms with Crippen molar-refractivity contribution in [3.8, 4) is 0 Å². The van der Waals surface area contributed by atoms with Crippen molar-refractivity contribution in [1.29, 1.82) is 0 Å². The summed E-state index contributed by atoms with van der Waals surface area (Å²) in [5.74, 6) is -1.19. The number of nitrogens with one attached hydrogen (secondary N) is 2. The van der Waals surface area contributed by atoms with E-state index in [2.05, 4.69) is 10.6 Å². The Balaban J connectivity index is 1.33. The Morgan fingerprint density at radius 3 is 2.34 bits per heavy atom. The molecule has 2 aromatic rings. The molecule has 0 aliphatic carbocycles. The summed E-state index contributed by atoms with van der Waals surface area (Å²) in [5.41, 5.74) is 0.148. The number of halogens is 5. The zero-order chi connectivity index (χ0) is 27.4. The maximum atomic E-state index is 13.2. The SMILES string of the molecule is O=C(C[C@@H]1C(=O)NCCN1C(=O)CN1CCN(c2cccc(C(F)(F)F)c2)CC1)Nc1cc(Cl)cc(Cl)c1. The zero-order valence-electron chi connectivity index (χ0n) is 20.2. The van der Waals surface area contributed by atoms with Crippen molar-refractivity contribution in [2.45, 2.75) is 18.6 Å². The molecule has 2 N–H and O–H groups in total. The van der Waals surface area contributed by atoms with Gasteiger partial charge in [0.2, 0.25) is 17.7 Å². The molecule has 2 fully saturated rings. The summed E-state index contributed by atoms with van der Waals surface area (Å²) in [6, 6.07) is 8.77. The average molecular weight is 572 g/mol. The van der Waals surface area contributed by atoms with E-state index in [1.54, 1.807) is 6.07 Å². The Morgan fingerprint density at radius 1 is 1.00 bits per heavy atom. The molecule has 13 heteroatoms. The van der Waals surface area contributed by atoms with E-state index in [4.69, 9.17) is 23.2 Å². The van der Waals surface area contributed by atoms with Crippen LogP contribution in [0.3, 0.4) is 0 Å². The number of hydrogen-bond acceptors (Lipinski definition) is 5. The fourth-order valence-electron chi connectivity index (χ4n) is 4.56. The van der Waals surface area contributed by atoms with Gasteiger partial charge in [-0.3, -0.25) is 19.3 Å². The molecule has 0 bridgehead atoms. The standard InChI is InChI=1S/C25H26Cl2F3N5O3/c26-17-11-18(27)13-19(12-17)32-22(36)14-21-24(38)31-4-5-35(21)23(37)15-33-6-8-34(9-7-33)20-3-1-2-16(10-20)25(28,29)30/h1-3,10-13,21H,4-9,14-15H2,(H,31,38)(H,32,36)/t21-/m1/s1. The van der Waals surface area contributed by atoms with Gasteiger partial charge in [0.25, 0.3) is 0 Å². The third kappa shape index (κ3) is 7.09. The molecule has 4 rings (SSSR count). The number of amides is 3. The molecule has 0 radical (unpaired) electrons. The van der Waals surface area contributed by atoms with Crippen molar-refractivity contribution in [2.24, 2.45) is 0 Å².